The summed E-state index contributed by atoms with van der Waals surface area (Å²) in [5, 5.41) is 0. The molecule has 0 radical (unpaired) electrons. The van der Waals surface area contributed by atoms with Crippen LogP contribution in [-0.2, 0) is 6.54 Å². The molecule has 0 spiro atoms. The molecule has 4 rings (SSSR count). The Labute approximate surface area is 154 Å². The highest BCUT2D eigenvalue weighted by atomic mass is 16.5. The number of benzene rings is 1. The normalized spacial score (nSPS) is 17.5. The van der Waals surface area contributed by atoms with Crippen molar-refractivity contribution in [3.05, 3.63) is 66.2 Å². The van der Waals surface area contributed by atoms with Crippen molar-refractivity contribution in [2.24, 2.45) is 0 Å². The van der Waals surface area contributed by atoms with Crippen LogP contribution in [0.15, 0.2) is 55.0 Å². The lowest BCUT2D eigenvalue weighted by atomic mass is 10.2. The van der Waals surface area contributed by atoms with E-state index in [1.54, 1.807) is 13.3 Å². The maximum atomic E-state index is 5.34. The number of hydrogen-bond acceptors (Lipinski definition) is 4. The third-order valence-electron chi connectivity index (χ3n) is 5.05. The molecule has 0 aliphatic carbocycles. The van der Waals surface area contributed by atoms with Gasteiger partial charge in [-0.2, -0.15) is 0 Å². The van der Waals surface area contributed by atoms with E-state index in [1.165, 1.54) is 11.3 Å². The third-order valence-corrected chi connectivity index (χ3v) is 5.05. The number of imidazole rings is 1. The number of pyridine rings is 1. The fourth-order valence-corrected chi connectivity index (χ4v) is 3.81. The van der Waals surface area contributed by atoms with Crippen molar-refractivity contribution in [1.29, 1.82) is 0 Å². The summed E-state index contributed by atoms with van der Waals surface area (Å²) in [6.07, 6.45) is 6.79. The first-order chi connectivity index (χ1) is 12.7. The number of methoxy groups -OCH3 is 1. The summed E-state index contributed by atoms with van der Waals surface area (Å²) in [5.41, 5.74) is 3.57. The van der Waals surface area contributed by atoms with E-state index in [-0.39, 0.29) is 0 Å². The van der Waals surface area contributed by atoms with Gasteiger partial charge in [0.2, 0.25) is 0 Å². The van der Waals surface area contributed by atoms with Crippen LogP contribution < -0.4 is 4.74 Å². The largest absolute Gasteiger partial charge is 0.497 e. The Morgan fingerprint density at radius 3 is 2.92 bits per heavy atom. The molecule has 0 amide bonds. The second-order valence-corrected chi connectivity index (χ2v) is 6.86. The van der Waals surface area contributed by atoms with Crippen LogP contribution in [0.5, 0.6) is 5.75 Å². The number of aryl methyl sites for hydroxylation is 1. The van der Waals surface area contributed by atoms with Crippen LogP contribution in [0, 0.1) is 6.92 Å². The van der Waals surface area contributed by atoms with Gasteiger partial charge in [0, 0.05) is 55.5 Å². The predicted octanol–water partition coefficient (Wildman–Crippen LogP) is 3.71. The van der Waals surface area contributed by atoms with Crippen LogP contribution in [0.2, 0.25) is 0 Å². The molecule has 1 saturated heterocycles. The molecular weight excluding hydrogens is 324 g/mol. The van der Waals surface area contributed by atoms with E-state index in [0.717, 1.165) is 43.2 Å². The van der Waals surface area contributed by atoms with E-state index in [1.807, 2.05) is 24.5 Å². The number of likely N-dealkylation sites (tertiary alicyclic amines) is 1. The standard InChI is InChI=1S/C21H24N4O/c1-16-12-23-21(18-6-4-9-22-13-18)25(16)19-8-10-24(15-19)14-17-5-3-7-20(11-17)26-2/h3-7,9,11-13,19H,8,10,14-15H2,1-2H3. The van der Waals surface area contributed by atoms with Crippen LogP contribution in [0.25, 0.3) is 11.4 Å². The average molecular weight is 348 g/mol. The van der Waals surface area contributed by atoms with Gasteiger partial charge in [-0.25, -0.2) is 4.98 Å². The van der Waals surface area contributed by atoms with Gasteiger partial charge < -0.3 is 9.30 Å². The molecule has 1 aliphatic rings. The van der Waals surface area contributed by atoms with Crippen molar-refractivity contribution < 1.29 is 4.74 Å². The van der Waals surface area contributed by atoms with Gasteiger partial charge in [-0.1, -0.05) is 12.1 Å². The van der Waals surface area contributed by atoms with Gasteiger partial charge in [0.1, 0.15) is 11.6 Å². The zero-order chi connectivity index (χ0) is 17.9. The number of rotatable bonds is 5. The van der Waals surface area contributed by atoms with Crippen LogP contribution >= 0.6 is 0 Å². The van der Waals surface area contributed by atoms with Crippen molar-refractivity contribution >= 4 is 0 Å². The molecule has 5 heteroatoms. The van der Waals surface area contributed by atoms with Crippen molar-refractivity contribution in [2.75, 3.05) is 20.2 Å². The molecule has 1 fully saturated rings. The molecule has 0 N–H and O–H groups in total. The van der Waals surface area contributed by atoms with E-state index in [4.69, 9.17) is 4.74 Å². The molecule has 2 aromatic heterocycles. The second-order valence-electron chi connectivity index (χ2n) is 6.86. The average Bonchev–Trinajstić information content (AvgIpc) is 3.29. The van der Waals surface area contributed by atoms with Gasteiger partial charge in [0.05, 0.1) is 7.11 Å². The quantitative estimate of drug-likeness (QED) is 0.705. The van der Waals surface area contributed by atoms with Gasteiger partial charge in [0.15, 0.2) is 0 Å². The maximum absolute atomic E-state index is 5.34. The summed E-state index contributed by atoms with van der Waals surface area (Å²) in [6, 6.07) is 12.8. The minimum atomic E-state index is 0.443. The summed E-state index contributed by atoms with van der Waals surface area (Å²) in [4.78, 5) is 11.4. The number of hydrogen-bond donors (Lipinski definition) is 0. The Bertz CT molecular complexity index is 875. The molecule has 3 aromatic rings. The zero-order valence-corrected chi connectivity index (χ0v) is 15.3. The number of nitrogens with zero attached hydrogens (tertiary/aromatic N) is 4. The topological polar surface area (TPSA) is 43.2 Å². The van der Waals surface area contributed by atoms with Crippen molar-refractivity contribution in [2.45, 2.75) is 25.9 Å². The van der Waals surface area contributed by atoms with Crippen LogP contribution in [0.3, 0.4) is 0 Å². The fraction of sp³-hybridized carbons (Fsp3) is 0.333. The molecule has 1 aliphatic heterocycles. The van der Waals surface area contributed by atoms with Crippen molar-refractivity contribution in [3.8, 4) is 17.1 Å². The molecule has 0 saturated carbocycles. The molecule has 1 unspecified atom stereocenters. The molecule has 26 heavy (non-hydrogen) atoms. The lowest BCUT2D eigenvalue weighted by Gasteiger charge is -2.20. The van der Waals surface area contributed by atoms with Crippen molar-refractivity contribution in [1.82, 2.24) is 19.4 Å². The second kappa shape index (κ2) is 7.30. The van der Waals surface area contributed by atoms with E-state index >= 15 is 0 Å². The molecular formula is C21H24N4O. The monoisotopic (exact) mass is 348 g/mol. The highest BCUT2D eigenvalue weighted by Crippen LogP contribution is 2.30. The van der Waals surface area contributed by atoms with E-state index < -0.39 is 0 Å². The molecule has 3 heterocycles. The molecule has 0 bridgehead atoms. The van der Waals surface area contributed by atoms with E-state index in [9.17, 15) is 0 Å². The van der Waals surface area contributed by atoms with Gasteiger partial charge in [-0.3, -0.25) is 9.88 Å². The van der Waals surface area contributed by atoms with Crippen LogP contribution in [-0.4, -0.2) is 39.6 Å². The summed E-state index contributed by atoms with van der Waals surface area (Å²) in [5.74, 6) is 1.94. The zero-order valence-electron chi connectivity index (χ0n) is 15.3. The molecule has 1 atom stereocenters. The lowest BCUT2D eigenvalue weighted by Crippen LogP contribution is -2.22. The first-order valence-electron chi connectivity index (χ1n) is 9.04. The molecule has 1 aromatic carbocycles. The minimum Gasteiger partial charge on any atom is -0.497 e. The SMILES string of the molecule is COc1cccc(CN2CCC(n3c(C)cnc3-c3cccnc3)C2)c1. The number of ether oxygens (including phenoxy) is 1. The van der Waals surface area contributed by atoms with E-state index in [0.29, 0.717) is 6.04 Å². The highest BCUT2D eigenvalue weighted by Gasteiger charge is 2.27. The summed E-state index contributed by atoms with van der Waals surface area (Å²) < 4.78 is 7.72. The molecule has 134 valence electrons. The van der Waals surface area contributed by atoms with Crippen LogP contribution in [0.1, 0.15) is 23.7 Å². The van der Waals surface area contributed by atoms with Gasteiger partial charge in [-0.05, 0) is 43.2 Å². The third kappa shape index (κ3) is 3.35. The molecule has 5 nitrogen and oxygen atoms in total. The Hall–Kier alpha value is -2.66. The minimum absolute atomic E-state index is 0.443. The Balaban J connectivity index is 1.52. The first kappa shape index (κ1) is 16.8. The predicted molar refractivity (Wildman–Crippen MR) is 102 cm³/mol. The summed E-state index contributed by atoms with van der Waals surface area (Å²) >= 11 is 0. The lowest BCUT2D eigenvalue weighted by molar-refractivity contribution is 0.315. The van der Waals surface area contributed by atoms with Gasteiger partial charge >= 0.3 is 0 Å². The van der Waals surface area contributed by atoms with Gasteiger partial charge in [0.25, 0.3) is 0 Å². The summed E-state index contributed by atoms with van der Waals surface area (Å²) in [6.45, 7) is 5.20. The van der Waals surface area contributed by atoms with Crippen molar-refractivity contribution in [3.63, 3.8) is 0 Å². The maximum Gasteiger partial charge on any atom is 0.141 e. The number of aromatic nitrogens is 3. The Kier molecular flexibility index (Phi) is 4.71. The van der Waals surface area contributed by atoms with Crippen LogP contribution in [0.4, 0.5) is 0 Å². The van der Waals surface area contributed by atoms with Gasteiger partial charge in [-0.15, -0.1) is 0 Å². The van der Waals surface area contributed by atoms with E-state index in [2.05, 4.69) is 50.6 Å². The Morgan fingerprint density at radius 2 is 2.12 bits per heavy atom. The smallest absolute Gasteiger partial charge is 0.141 e. The highest BCUT2D eigenvalue weighted by molar-refractivity contribution is 5.54. The Morgan fingerprint density at radius 1 is 1.19 bits per heavy atom. The fourth-order valence-electron chi connectivity index (χ4n) is 3.81. The first-order valence-corrected chi connectivity index (χ1v) is 9.04. The summed E-state index contributed by atoms with van der Waals surface area (Å²) in [7, 11) is 1.72.